The van der Waals surface area contributed by atoms with Crippen molar-refractivity contribution in [3.05, 3.63) is 0 Å². The second-order valence-corrected chi connectivity index (χ2v) is 5.53. The van der Waals surface area contributed by atoms with Crippen molar-refractivity contribution < 1.29 is 4.79 Å². The van der Waals surface area contributed by atoms with Gasteiger partial charge in [0.15, 0.2) is 0 Å². The lowest BCUT2D eigenvalue weighted by Crippen LogP contribution is -2.51. The van der Waals surface area contributed by atoms with E-state index in [1.807, 2.05) is 0 Å². The summed E-state index contributed by atoms with van der Waals surface area (Å²) in [5, 5.41) is 0. The van der Waals surface area contributed by atoms with E-state index >= 15 is 0 Å². The molecule has 1 heterocycles. The minimum absolute atomic E-state index is 0.153. The van der Waals surface area contributed by atoms with Gasteiger partial charge < -0.3 is 4.79 Å². The van der Waals surface area contributed by atoms with E-state index in [0.717, 1.165) is 45.4 Å². The van der Waals surface area contributed by atoms with Gasteiger partial charge in [0, 0.05) is 44.2 Å². The number of carbonyl (C=O) groups excluding carboxylic acids is 1. The highest BCUT2D eigenvalue weighted by Crippen LogP contribution is 2.20. The van der Waals surface area contributed by atoms with Gasteiger partial charge in [-0.05, 0) is 20.3 Å². The Bertz CT molecular complexity index is 222. The molecule has 0 saturated carbocycles. The van der Waals surface area contributed by atoms with Crippen molar-refractivity contribution in [3.63, 3.8) is 0 Å². The van der Waals surface area contributed by atoms with Crippen molar-refractivity contribution in [3.8, 4) is 0 Å². The lowest BCUT2D eigenvalue weighted by molar-refractivity contribution is -0.116. The van der Waals surface area contributed by atoms with Crippen molar-refractivity contribution in [1.82, 2.24) is 9.80 Å². The molecule has 3 nitrogen and oxygen atoms in total. The Hall–Kier alpha value is -0.410. The fourth-order valence-electron chi connectivity index (χ4n) is 2.18. The molecular formula is C13H26N2O. The molecule has 1 aliphatic rings. The van der Waals surface area contributed by atoms with Crippen LogP contribution in [0.25, 0.3) is 0 Å². The molecule has 0 radical (unpaired) electrons. The topological polar surface area (TPSA) is 23.6 Å². The third kappa shape index (κ3) is 3.56. The van der Waals surface area contributed by atoms with Gasteiger partial charge in [-0.3, -0.25) is 9.80 Å². The molecule has 3 heteroatoms. The minimum atomic E-state index is -0.153. The van der Waals surface area contributed by atoms with Gasteiger partial charge in [0.05, 0.1) is 0 Å². The molecule has 0 N–H and O–H groups in total. The van der Waals surface area contributed by atoms with Crippen molar-refractivity contribution in [2.24, 2.45) is 5.41 Å². The first kappa shape index (κ1) is 13.7. The highest BCUT2D eigenvalue weighted by atomic mass is 16.1. The number of carbonyl (C=O) groups is 1. The van der Waals surface area contributed by atoms with Crippen LogP contribution >= 0.6 is 0 Å². The van der Waals surface area contributed by atoms with Gasteiger partial charge in [-0.25, -0.2) is 0 Å². The molecule has 0 bridgehead atoms. The summed E-state index contributed by atoms with van der Waals surface area (Å²) in [6.07, 6.45) is 2.06. The minimum Gasteiger partial charge on any atom is -0.303 e. The molecule has 16 heavy (non-hydrogen) atoms. The van der Waals surface area contributed by atoms with Gasteiger partial charge in [-0.2, -0.15) is 0 Å². The highest BCUT2D eigenvalue weighted by molar-refractivity contribution is 5.58. The molecule has 0 aromatic rings. The van der Waals surface area contributed by atoms with E-state index < -0.39 is 0 Å². The summed E-state index contributed by atoms with van der Waals surface area (Å²) in [6.45, 7) is 14.0. The van der Waals surface area contributed by atoms with E-state index in [1.165, 1.54) is 0 Å². The van der Waals surface area contributed by atoms with Crippen LogP contribution < -0.4 is 0 Å². The van der Waals surface area contributed by atoms with Crippen LogP contribution in [-0.2, 0) is 4.79 Å². The summed E-state index contributed by atoms with van der Waals surface area (Å²) in [7, 11) is 0. The van der Waals surface area contributed by atoms with E-state index in [2.05, 4.69) is 37.5 Å². The summed E-state index contributed by atoms with van der Waals surface area (Å²) in [4.78, 5) is 16.0. The molecule has 1 aliphatic heterocycles. The third-order valence-electron chi connectivity index (χ3n) is 3.81. The maximum absolute atomic E-state index is 11.1. The molecule has 1 saturated heterocycles. The molecule has 1 fully saturated rings. The Balaban J connectivity index is 2.40. The Morgan fingerprint density at radius 2 is 1.81 bits per heavy atom. The zero-order valence-corrected chi connectivity index (χ0v) is 11.2. The highest BCUT2D eigenvalue weighted by Gasteiger charge is 2.27. The molecule has 0 aromatic heterocycles. The summed E-state index contributed by atoms with van der Waals surface area (Å²) >= 11 is 0. The first-order valence-corrected chi connectivity index (χ1v) is 6.43. The van der Waals surface area contributed by atoms with Gasteiger partial charge in [0.2, 0.25) is 0 Å². The SMILES string of the molecule is CCC(C)(C=O)CN1CCN(C(C)C)CC1. The van der Waals surface area contributed by atoms with E-state index in [-0.39, 0.29) is 5.41 Å². The molecule has 1 rings (SSSR count). The second kappa shape index (κ2) is 5.78. The van der Waals surface area contributed by atoms with Crippen LogP contribution in [0.2, 0.25) is 0 Å². The summed E-state index contributed by atoms with van der Waals surface area (Å²) in [5.41, 5.74) is -0.153. The predicted octanol–water partition coefficient (Wildman–Crippen LogP) is 1.63. The summed E-state index contributed by atoms with van der Waals surface area (Å²) in [6, 6.07) is 0.644. The Labute approximate surface area is 99.8 Å². The standard InChI is InChI=1S/C13H26N2O/c1-5-13(4,11-16)10-14-6-8-15(9-7-14)12(2)3/h11-12H,5-10H2,1-4H3. The van der Waals surface area contributed by atoms with Gasteiger partial charge in [-0.1, -0.05) is 13.8 Å². The van der Waals surface area contributed by atoms with Crippen LogP contribution in [0.1, 0.15) is 34.1 Å². The van der Waals surface area contributed by atoms with E-state index in [0.29, 0.717) is 6.04 Å². The van der Waals surface area contributed by atoms with Crippen molar-refractivity contribution in [2.75, 3.05) is 32.7 Å². The number of rotatable bonds is 5. The lowest BCUT2D eigenvalue weighted by atomic mass is 9.88. The molecule has 0 spiro atoms. The van der Waals surface area contributed by atoms with Crippen LogP contribution in [0.15, 0.2) is 0 Å². The largest absolute Gasteiger partial charge is 0.303 e. The van der Waals surface area contributed by atoms with Gasteiger partial charge in [0.1, 0.15) is 6.29 Å². The number of piperazine rings is 1. The second-order valence-electron chi connectivity index (χ2n) is 5.53. The Morgan fingerprint density at radius 3 is 2.19 bits per heavy atom. The van der Waals surface area contributed by atoms with Crippen molar-refractivity contribution in [2.45, 2.75) is 40.2 Å². The maximum Gasteiger partial charge on any atom is 0.127 e. The van der Waals surface area contributed by atoms with Gasteiger partial charge in [0.25, 0.3) is 0 Å². The Morgan fingerprint density at radius 1 is 1.25 bits per heavy atom. The van der Waals surface area contributed by atoms with Gasteiger partial charge in [-0.15, -0.1) is 0 Å². The quantitative estimate of drug-likeness (QED) is 0.666. The van der Waals surface area contributed by atoms with Crippen LogP contribution in [0.5, 0.6) is 0 Å². The van der Waals surface area contributed by atoms with Crippen LogP contribution in [0.4, 0.5) is 0 Å². The zero-order chi connectivity index (χ0) is 12.2. The molecular weight excluding hydrogens is 200 g/mol. The van der Waals surface area contributed by atoms with E-state index in [4.69, 9.17) is 0 Å². The number of hydrogen-bond acceptors (Lipinski definition) is 3. The smallest absolute Gasteiger partial charge is 0.127 e. The monoisotopic (exact) mass is 226 g/mol. The van der Waals surface area contributed by atoms with Crippen LogP contribution in [-0.4, -0.2) is 54.9 Å². The molecule has 1 unspecified atom stereocenters. The van der Waals surface area contributed by atoms with E-state index in [1.54, 1.807) is 0 Å². The maximum atomic E-state index is 11.1. The van der Waals surface area contributed by atoms with E-state index in [9.17, 15) is 4.79 Å². The number of aldehydes is 1. The average molecular weight is 226 g/mol. The number of hydrogen-bond donors (Lipinski definition) is 0. The Kier molecular flexibility index (Phi) is 4.93. The molecule has 0 amide bonds. The first-order valence-electron chi connectivity index (χ1n) is 6.43. The lowest BCUT2D eigenvalue weighted by Gasteiger charge is -2.39. The van der Waals surface area contributed by atoms with Crippen LogP contribution in [0, 0.1) is 5.41 Å². The fraction of sp³-hybridized carbons (Fsp3) is 0.923. The fourth-order valence-corrected chi connectivity index (χ4v) is 2.18. The normalized spacial score (nSPS) is 23.3. The third-order valence-corrected chi connectivity index (χ3v) is 3.81. The molecule has 0 aromatic carbocycles. The molecule has 94 valence electrons. The van der Waals surface area contributed by atoms with Crippen molar-refractivity contribution >= 4 is 6.29 Å². The average Bonchev–Trinajstić information content (AvgIpc) is 2.29. The molecule has 1 atom stereocenters. The first-order chi connectivity index (χ1) is 7.50. The predicted molar refractivity (Wildman–Crippen MR) is 67.6 cm³/mol. The summed E-state index contributed by atoms with van der Waals surface area (Å²) < 4.78 is 0. The number of nitrogens with zero attached hydrogens (tertiary/aromatic N) is 2. The molecule has 0 aliphatic carbocycles. The van der Waals surface area contributed by atoms with Crippen molar-refractivity contribution in [1.29, 1.82) is 0 Å². The van der Waals surface area contributed by atoms with Crippen LogP contribution in [0.3, 0.4) is 0 Å². The van der Waals surface area contributed by atoms with Gasteiger partial charge >= 0.3 is 0 Å². The summed E-state index contributed by atoms with van der Waals surface area (Å²) in [5.74, 6) is 0. The zero-order valence-electron chi connectivity index (χ0n) is 11.2.